The highest BCUT2D eigenvalue weighted by molar-refractivity contribution is 5.31. The van der Waals surface area contributed by atoms with Crippen LogP contribution in [-0.4, -0.2) is 21.3 Å². The van der Waals surface area contributed by atoms with Gasteiger partial charge in [-0.1, -0.05) is 12.1 Å². The van der Waals surface area contributed by atoms with Crippen LogP contribution in [0.25, 0.3) is 0 Å². The fourth-order valence-electron chi connectivity index (χ4n) is 1.54. The molecule has 0 aromatic heterocycles. The average molecular weight is 210 g/mol. The highest BCUT2D eigenvalue weighted by Gasteiger charge is 2.32. The van der Waals surface area contributed by atoms with Crippen molar-refractivity contribution in [2.24, 2.45) is 0 Å². The maximum absolute atomic E-state index is 5.27. The third kappa shape index (κ3) is 2.20. The second-order valence-corrected chi connectivity index (χ2v) is 3.47. The van der Waals surface area contributed by atoms with Crippen molar-refractivity contribution in [1.29, 1.82) is 0 Å². The van der Waals surface area contributed by atoms with Crippen LogP contribution in [0.15, 0.2) is 18.2 Å². The van der Waals surface area contributed by atoms with Crippen LogP contribution >= 0.6 is 0 Å². The summed E-state index contributed by atoms with van der Waals surface area (Å²) >= 11 is 0. The molecule has 0 aliphatic rings. The molecule has 0 amide bonds. The predicted octanol–water partition coefficient (Wildman–Crippen LogP) is 2.35. The first-order valence-electron chi connectivity index (χ1n) is 4.83. The molecule has 0 unspecified atom stereocenters. The van der Waals surface area contributed by atoms with Gasteiger partial charge in [-0.05, 0) is 31.0 Å². The minimum Gasteiger partial charge on any atom is -0.327 e. The lowest BCUT2D eigenvalue weighted by atomic mass is 10.1. The molecule has 0 bridgehead atoms. The Morgan fingerprint density at radius 3 is 1.80 bits per heavy atom. The molecule has 3 nitrogen and oxygen atoms in total. The fraction of sp³-hybridized carbons (Fsp3) is 0.500. The summed E-state index contributed by atoms with van der Waals surface area (Å²) in [7, 11) is 4.67. The molecular weight excluding hydrogens is 192 g/mol. The Balaban J connectivity index is 3.17. The lowest BCUT2D eigenvalue weighted by molar-refractivity contribution is -0.364. The summed E-state index contributed by atoms with van der Waals surface area (Å²) in [6.07, 6.45) is 0. The van der Waals surface area contributed by atoms with E-state index < -0.39 is 5.97 Å². The number of methoxy groups -OCH3 is 3. The molecule has 0 aliphatic carbocycles. The second kappa shape index (κ2) is 4.75. The van der Waals surface area contributed by atoms with E-state index in [4.69, 9.17) is 14.2 Å². The third-order valence-corrected chi connectivity index (χ3v) is 2.67. The summed E-state index contributed by atoms with van der Waals surface area (Å²) in [5.74, 6) is -1.10. The third-order valence-electron chi connectivity index (χ3n) is 2.67. The van der Waals surface area contributed by atoms with E-state index in [9.17, 15) is 0 Å². The van der Waals surface area contributed by atoms with Crippen molar-refractivity contribution in [2.45, 2.75) is 19.8 Å². The standard InChI is InChI=1S/C12H18O3/c1-9-6-7-11(8-10(9)2)12(13-3,14-4)15-5/h6-8H,1-5H3. The summed E-state index contributed by atoms with van der Waals surface area (Å²) in [5, 5.41) is 0. The van der Waals surface area contributed by atoms with Gasteiger partial charge in [-0.3, -0.25) is 0 Å². The van der Waals surface area contributed by atoms with Gasteiger partial charge in [0.2, 0.25) is 0 Å². The Labute approximate surface area is 91.0 Å². The van der Waals surface area contributed by atoms with Crippen LogP contribution in [0.2, 0.25) is 0 Å². The van der Waals surface area contributed by atoms with Crippen molar-refractivity contribution in [3.8, 4) is 0 Å². The molecule has 3 heteroatoms. The number of hydrogen-bond acceptors (Lipinski definition) is 3. The zero-order chi connectivity index (χ0) is 11.5. The summed E-state index contributed by atoms with van der Waals surface area (Å²) in [6.45, 7) is 4.11. The first kappa shape index (κ1) is 12.2. The van der Waals surface area contributed by atoms with Gasteiger partial charge in [0.05, 0.1) is 0 Å². The molecule has 0 aliphatic heterocycles. The zero-order valence-electron chi connectivity index (χ0n) is 9.96. The molecule has 0 heterocycles. The highest BCUT2D eigenvalue weighted by Crippen LogP contribution is 2.28. The summed E-state index contributed by atoms with van der Waals surface area (Å²) < 4.78 is 15.8. The predicted molar refractivity (Wildman–Crippen MR) is 58.6 cm³/mol. The lowest BCUT2D eigenvalue weighted by Gasteiger charge is -2.29. The van der Waals surface area contributed by atoms with E-state index in [0.29, 0.717) is 0 Å². The van der Waals surface area contributed by atoms with Crippen LogP contribution in [0, 0.1) is 13.8 Å². The van der Waals surface area contributed by atoms with Crippen molar-refractivity contribution in [1.82, 2.24) is 0 Å². The smallest absolute Gasteiger partial charge is 0.311 e. The fourth-order valence-corrected chi connectivity index (χ4v) is 1.54. The van der Waals surface area contributed by atoms with Crippen LogP contribution in [-0.2, 0) is 20.2 Å². The van der Waals surface area contributed by atoms with Crippen LogP contribution in [0.1, 0.15) is 16.7 Å². The van der Waals surface area contributed by atoms with Gasteiger partial charge < -0.3 is 14.2 Å². The van der Waals surface area contributed by atoms with E-state index >= 15 is 0 Å². The van der Waals surface area contributed by atoms with Crippen LogP contribution in [0.5, 0.6) is 0 Å². The average Bonchev–Trinajstić information content (AvgIpc) is 2.26. The largest absolute Gasteiger partial charge is 0.327 e. The van der Waals surface area contributed by atoms with Crippen molar-refractivity contribution in [3.05, 3.63) is 34.9 Å². The Kier molecular flexibility index (Phi) is 3.85. The van der Waals surface area contributed by atoms with Gasteiger partial charge in [0.15, 0.2) is 0 Å². The van der Waals surface area contributed by atoms with Gasteiger partial charge in [0.25, 0.3) is 0 Å². The molecule has 0 atom stereocenters. The maximum atomic E-state index is 5.27. The molecule has 0 saturated heterocycles. The molecule has 0 fully saturated rings. The van der Waals surface area contributed by atoms with E-state index in [1.807, 2.05) is 25.1 Å². The Morgan fingerprint density at radius 2 is 1.40 bits per heavy atom. The Hall–Kier alpha value is -0.900. The Bertz CT molecular complexity index is 321. The van der Waals surface area contributed by atoms with Gasteiger partial charge in [-0.15, -0.1) is 0 Å². The molecule has 1 aromatic rings. The highest BCUT2D eigenvalue weighted by atomic mass is 16.9. The van der Waals surface area contributed by atoms with E-state index in [2.05, 4.69) is 6.92 Å². The molecule has 0 N–H and O–H groups in total. The van der Waals surface area contributed by atoms with Gasteiger partial charge in [-0.25, -0.2) is 0 Å². The first-order valence-corrected chi connectivity index (χ1v) is 4.83. The SMILES string of the molecule is COC(OC)(OC)c1ccc(C)c(C)c1. The minimum atomic E-state index is -1.10. The van der Waals surface area contributed by atoms with E-state index in [1.54, 1.807) is 21.3 Å². The minimum absolute atomic E-state index is 0.859. The van der Waals surface area contributed by atoms with E-state index in [0.717, 1.165) is 5.56 Å². The lowest BCUT2D eigenvalue weighted by Crippen LogP contribution is -2.32. The summed E-state index contributed by atoms with van der Waals surface area (Å²) in [5.41, 5.74) is 3.28. The quantitative estimate of drug-likeness (QED) is 0.714. The zero-order valence-corrected chi connectivity index (χ0v) is 9.96. The molecule has 1 rings (SSSR count). The monoisotopic (exact) mass is 210 g/mol. The summed E-state index contributed by atoms with van der Waals surface area (Å²) in [6, 6.07) is 5.97. The van der Waals surface area contributed by atoms with Gasteiger partial charge >= 0.3 is 5.97 Å². The number of aryl methyl sites for hydroxylation is 2. The normalized spacial score (nSPS) is 11.8. The second-order valence-electron chi connectivity index (χ2n) is 3.47. The van der Waals surface area contributed by atoms with Crippen LogP contribution in [0.4, 0.5) is 0 Å². The molecular formula is C12H18O3. The van der Waals surface area contributed by atoms with Crippen LogP contribution < -0.4 is 0 Å². The number of benzene rings is 1. The van der Waals surface area contributed by atoms with Crippen molar-refractivity contribution in [3.63, 3.8) is 0 Å². The topological polar surface area (TPSA) is 27.7 Å². The summed E-state index contributed by atoms with van der Waals surface area (Å²) in [4.78, 5) is 0. The van der Waals surface area contributed by atoms with Crippen LogP contribution in [0.3, 0.4) is 0 Å². The molecule has 0 spiro atoms. The van der Waals surface area contributed by atoms with E-state index in [-0.39, 0.29) is 0 Å². The maximum Gasteiger partial charge on any atom is 0.311 e. The van der Waals surface area contributed by atoms with Gasteiger partial charge in [-0.2, -0.15) is 0 Å². The molecule has 0 saturated carbocycles. The number of ether oxygens (including phenoxy) is 3. The molecule has 15 heavy (non-hydrogen) atoms. The molecule has 1 aromatic carbocycles. The van der Waals surface area contributed by atoms with Gasteiger partial charge in [0.1, 0.15) is 0 Å². The van der Waals surface area contributed by atoms with Crippen molar-refractivity contribution >= 4 is 0 Å². The van der Waals surface area contributed by atoms with E-state index in [1.165, 1.54) is 11.1 Å². The van der Waals surface area contributed by atoms with Crippen molar-refractivity contribution in [2.75, 3.05) is 21.3 Å². The molecule has 84 valence electrons. The number of hydrogen-bond donors (Lipinski definition) is 0. The molecule has 0 radical (unpaired) electrons. The first-order chi connectivity index (χ1) is 7.09. The Morgan fingerprint density at radius 1 is 0.867 bits per heavy atom. The number of rotatable bonds is 4. The van der Waals surface area contributed by atoms with Gasteiger partial charge in [0, 0.05) is 26.9 Å². The van der Waals surface area contributed by atoms with Crippen molar-refractivity contribution < 1.29 is 14.2 Å².